The van der Waals surface area contributed by atoms with E-state index in [9.17, 15) is 27.5 Å². The summed E-state index contributed by atoms with van der Waals surface area (Å²) in [5.41, 5.74) is 2.99. The number of benzene rings is 3. The van der Waals surface area contributed by atoms with Gasteiger partial charge in [-0.25, -0.2) is 19.0 Å². The van der Waals surface area contributed by atoms with Gasteiger partial charge in [0.15, 0.2) is 5.96 Å². The van der Waals surface area contributed by atoms with Crippen molar-refractivity contribution in [1.29, 1.82) is 0 Å². The Kier molecular flexibility index (Phi) is 9.85. The Labute approximate surface area is 221 Å². The number of rotatable bonds is 5. The van der Waals surface area contributed by atoms with Crippen LogP contribution in [0.3, 0.4) is 0 Å². The molecule has 0 bridgehead atoms. The molecule has 0 saturated carbocycles. The summed E-state index contributed by atoms with van der Waals surface area (Å²) in [6.07, 6.45) is -5.08. The summed E-state index contributed by atoms with van der Waals surface area (Å²) in [6, 6.07) is 23.3. The number of carbonyl (C=O) groups is 2. The van der Waals surface area contributed by atoms with Gasteiger partial charge in [0.2, 0.25) is 0 Å². The van der Waals surface area contributed by atoms with E-state index in [1.165, 1.54) is 12.1 Å². The Morgan fingerprint density at radius 3 is 2.05 bits per heavy atom. The van der Waals surface area contributed by atoms with Gasteiger partial charge in [-0.1, -0.05) is 36.4 Å². The zero-order chi connectivity index (χ0) is 28.4. The van der Waals surface area contributed by atoms with Crippen LogP contribution < -0.4 is 10.2 Å². The third-order valence-corrected chi connectivity index (χ3v) is 5.63. The zero-order valence-electron chi connectivity index (χ0n) is 20.6. The Morgan fingerprint density at radius 2 is 1.49 bits per heavy atom. The second-order valence-corrected chi connectivity index (χ2v) is 8.39. The third kappa shape index (κ3) is 9.02. The fourth-order valence-electron chi connectivity index (χ4n) is 3.66. The number of anilines is 2. The van der Waals surface area contributed by atoms with Crippen molar-refractivity contribution < 1.29 is 37.4 Å². The third-order valence-electron chi connectivity index (χ3n) is 5.63. The van der Waals surface area contributed by atoms with Crippen LogP contribution >= 0.6 is 0 Å². The summed E-state index contributed by atoms with van der Waals surface area (Å²) in [5, 5.41) is 19.7. The van der Waals surface area contributed by atoms with Crippen molar-refractivity contribution in [1.82, 2.24) is 4.90 Å². The molecule has 1 heterocycles. The first-order valence-electron chi connectivity index (χ1n) is 11.8. The molecule has 1 aliphatic heterocycles. The minimum atomic E-state index is -5.08. The summed E-state index contributed by atoms with van der Waals surface area (Å²) in [4.78, 5) is 29.4. The molecule has 1 saturated heterocycles. The molecule has 4 rings (SSSR count). The molecule has 0 amide bonds. The molecule has 0 unspecified atom stereocenters. The molecule has 0 aromatic heterocycles. The van der Waals surface area contributed by atoms with Crippen molar-refractivity contribution >= 4 is 29.3 Å². The predicted octanol–water partition coefficient (Wildman–Crippen LogP) is 4.95. The Bertz CT molecular complexity index is 1280. The molecule has 0 atom stereocenters. The molecule has 3 N–H and O–H groups in total. The quantitative estimate of drug-likeness (QED) is 0.236. The predicted molar refractivity (Wildman–Crippen MR) is 138 cm³/mol. The summed E-state index contributed by atoms with van der Waals surface area (Å²) in [7, 11) is 0. The minimum absolute atomic E-state index is 0.221. The first-order chi connectivity index (χ1) is 18.5. The lowest BCUT2D eigenvalue weighted by atomic mass is 10.2. The number of alkyl halides is 3. The minimum Gasteiger partial charge on any atom is -0.478 e. The van der Waals surface area contributed by atoms with Gasteiger partial charge >= 0.3 is 18.1 Å². The van der Waals surface area contributed by atoms with Gasteiger partial charge in [0.05, 0.1) is 12.1 Å². The highest BCUT2D eigenvalue weighted by Gasteiger charge is 2.38. The summed E-state index contributed by atoms with van der Waals surface area (Å²) in [6.45, 7) is 3.52. The van der Waals surface area contributed by atoms with Crippen molar-refractivity contribution in [3.8, 4) is 0 Å². The highest BCUT2D eigenvalue weighted by molar-refractivity contribution is 5.96. The van der Waals surface area contributed by atoms with E-state index in [-0.39, 0.29) is 11.4 Å². The average molecular weight is 547 g/mol. The smallest absolute Gasteiger partial charge is 0.478 e. The van der Waals surface area contributed by atoms with Crippen LogP contribution in [-0.2, 0) is 11.3 Å². The topological polar surface area (TPSA) is 105 Å². The number of carboxylic acid groups (broad SMARTS) is 2. The van der Waals surface area contributed by atoms with Gasteiger partial charge in [0.1, 0.15) is 5.82 Å². The molecule has 1 aliphatic rings. The van der Waals surface area contributed by atoms with E-state index in [0.717, 1.165) is 37.4 Å². The molecule has 8 nitrogen and oxygen atoms in total. The summed E-state index contributed by atoms with van der Waals surface area (Å²) in [5.74, 6) is -3.26. The van der Waals surface area contributed by atoms with Crippen LogP contribution in [0.15, 0.2) is 83.9 Å². The normalized spacial score (nSPS) is 13.8. The zero-order valence-corrected chi connectivity index (χ0v) is 20.6. The number of aromatic carboxylic acids is 1. The van der Waals surface area contributed by atoms with Gasteiger partial charge in [-0.05, 0) is 48.0 Å². The maximum Gasteiger partial charge on any atom is 0.490 e. The molecule has 0 aliphatic carbocycles. The number of hydrogen-bond donors (Lipinski definition) is 3. The number of aliphatic imine (C=N–C) groups is 1. The van der Waals surface area contributed by atoms with Crippen LogP contribution in [0.2, 0.25) is 0 Å². The van der Waals surface area contributed by atoms with Crippen molar-refractivity contribution in [2.24, 2.45) is 4.99 Å². The molecule has 3 aromatic carbocycles. The van der Waals surface area contributed by atoms with Crippen LogP contribution in [0.25, 0.3) is 0 Å². The standard InChI is InChI=1S/C25H25FN4O2.C2HF3O2/c26-21-9-11-23(12-10-21)29-13-15-30(16-14-29)25(27-18-19-5-2-1-3-6-19)28-22-8-4-7-20(17-22)24(31)32;3-2(4,5)1(6)7/h1-12,17H,13-16,18H2,(H,27,28)(H,31,32);(H,6,7). The van der Waals surface area contributed by atoms with Crippen molar-refractivity contribution in [2.45, 2.75) is 12.7 Å². The number of nitrogens with one attached hydrogen (secondary N) is 1. The summed E-state index contributed by atoms with van der Waals surface area (Å²) >= 11 is 0. The Balaban J connectivity index is 0.000000532. The maximum absolute atomic E-state index is 13.2. The molecule has 12 heteroatoms. The van der Waals surface area contributed by atoms with E-state index >= 15 is 0 Å². The van der Waals surface area contributed by atoms with Crippen LogP contribution in [0.1, 0.15) is 15.9 Å². The first-order valence-corrected chi connectivity index (χ1v) is 11.8. The number of nitrogens with zero attached hydrogens (tertiary/aromatic N) is 3. The van der Waals surface area contributed by atoms with E-state index in [1.54, 1.807) is 30.3 Å². The largest absolute Gasteiger partial charge is 0.490 e. The summed E-state index contributed by atoms with van der Waals surface area (Å²) < 4.78 is 45.0. The van der Waals surface area contributed by atoms with Crippen molar-refractivity contribution in [3.63, 3.8) is 0 Å². The SMILES string of the molecule is O=C(O)C(F)(F)F.O=C(O)c1cccc(NC(=NCc2ccccc2)N2CCN(c3ccc(F)cc3)CC2)c1. The van der Waals surface area contributed by atoms with Gasteiger partial charge in [-0.15, -0.1) is 0 Å². The number of halogens is 4. The number of piperazine rings is 1. The van der Waals surface area contributed by atoms with Crippen LogP contribution in [-0.4, -0.2) is 65.4 Å². The average Bonchev–Trinajstić information content (AvgIpc) is 2.92. The highest BCUT2D eigenvalue weighted by atomic mass is 19.4. The second kappa shape index (κ2) is 13.3. The lowest BCUT2D eigenvalue weighted by Gasteiger charge is -2.37. The van der Waals surface area contributed by atoms with E-state index < -0.39 is 18.1 Å². The Morgan fingerprint density at radius 1 is 0.872 bits per heavy atom. The Hall–Kier alpha value is -4.61. The molecule has 3 aromatic rings. The van der Waals surface area contributed by atoms with E-state index in [2.05, 4.69) is 15.1 Å². The van der Waals surface area contributed by atoms with Gasteiger partial charge in [0, 0.05) is 37.6 Å². The first kappa shape index (κ1) is 29.0. The van der Waals surface area contributed by atoms with E-state index in [0.29, 0.717) is 18.2 Å². The van der Waals surface area contributed by atoms with Crippen LogP contribution in [0, 0.1) is 5.82 Å². The second-order valence-electron chi connectivity index (χ2n) is 8.39. The van der Waals surface area contributed by atoms with Gasteiger partial charge in [0.25, 0.3) is 0 Å². The van der Waals surface area contributed by atoms with Crippen LogP contribution in [0.4, 0.5) is 28.9 Å². The van der Waals surface area contributed by atoms with E-state index in [4.69, 9.17) is 14.9 Å². The molecule has 0 radical (unpaired) electrons. The van der Waals surface area contributed by atoms with Gasteiger partial charge < -0.3 is 25.3 Å². The van der Waals surface area contributed by atoms with Crippen molar-refractivity contribution in [3.05, 3.63) is 95.8 Å². The fourth-order valence-corrected chi connectivity index (χ4v) is 3.66. The lowest BCUT2D eigenvalue weighted by Crippen LogP contribution is -2.50. The number of guanidine groups is 1. The molecule has 39 heavy (non-hydrogen) atoms. The van der Waals surface area contributed by atoms with Gasteiger partial charge in [-0.3, -0.25) is 0 Å². The van der Waals surface area contributed by atoms with Crippen molar-refractivity contribution in [2.75, 3.05) is 36.4 Å². The van der Waals surface area contributed by atoms with Crippen LogP contribution in [0.5, 0.6) is 0 Å². The lowest BCUT2D eigenvalue weighted by molar-refractivity contribution is -0.192. The molecule has 1 fully saturated rings. The van der Waals surface area contributed by atoms with Gasteiger partial charge in [-0.2, -0.15) is 13.2 Å². The molecule has 206 valence electrons. The maximum atomic E-state index is 13.2. The number of carboxylic acids is 2. The highest BCUT2D eigenvalue weighted by Crippen LogP contribution is 2.19. The monoisotopic (exact) mass is 546 g/mol. The fraction of sp³-hybridized carbons (Fsp3) is 0.222. The molecular weight excluding hydrogens is 520 g/mol. The van der Waals surface area contributed by atoms with E-state index in [1.807, 2.05) is 36.4 Å². The molecule has 0 spiro atoms. The number of aliphatic carboxylic acids is 1. The number of hydrogen-bond acceptors (Lipinski definition) is 4. The molecular formula is C27H26F4N4O4.